The molecule has 0 aliphatic rings. The van der Waals surface area contributed by atoms with Crippen molar-refractivity contribution in [1.29, 1.82) is 0 Å². The molecule has 0 N–H and O–H groups in total. The van der Waals surface area contributed by atoms with E-state index >= 15 is 0 Å². The summed E-state index contributed by atoms with van der Waals surface area (Å²) >= 11 is 2.25. The van der Waals surface area contributed by atoms with E-state index in [9.17, 15) is 4.79 Å². The van der Waals surface area contributed by atoms with Crippen molar-refractivity contribution in [2.75, 3.05) is 18.6 Å². The lowest BCUT2D eigenvalue weighted by atomic mass is 10.2. The van der Waals surface area contributed by atoms with Crippen LogP contribution in [0.3, 0.4) is 0 Å². The molecule has 5 heteroatoms. The van der Waals surface area contributed by atoms with Crippen molar-refractivity contribution in [3.63, 3.8) is 0 Å². The van der Waals surface area contributed by atoms with E-state index < -0.39 is 8.32 Å². The fraction of sp³-hybridized carbons (Fsp3) is 0.500. The SMILES string of the molecule is CC(=CCO[Si](C)(C)C(C)(C)C)C(=O)N(C)c1ccccc1I. The number of carbonyl (C=O) groups is 1. The van der Waals surface area contributed by atoms with Gasteiger partial charge in [0.2, 0.25) is 0 Å². The molecule has 0 fully saturated rings. The number of hydrogen-bond donors (Lipinski definition) is 0. The first-order chi connectivity index (χ1) is 10.5. The van der Waals surface area contributed by atoms with Crippen LogP contribution >= 0.6 is 22.6 Å². The van der Waals surface area contributed by atoms with Crippen LogP contribution in [0.15, 0.2) is 35.9 Å². The van der Waals surface area contributed by atoms with Gasteiger partial charge in [-0.2, -0.15) is 0 Å². The van der Waals surface area contributed by atoms with Crippen LogP contribution < -0.4 is 4.90 Å². The van der Waals surface area contributed by atoms with Crippen LogP contribution in [-0.2, 0) is 9.22 Å². The van der Waals surface area contributed by atoms with E-state index in [1.807, 2.05) is 44.3 Å². The number of para-hydroxylation sites is 1. The van der Waals surface area contributed by atoms with Gasteiger partial charge in [0.1, 0.15) is 0 Å². The predicted octanol–water partition coefficient (Wildman–Crippen LogP) is 5.22. The number of amides is 1. The highest BCUT2D eigenvalue weighted by Crippen LogP contribution is 2.36. The largest absolute Gasteiger partial charge is 0.413 e. The van der Waals surface area contributed by atoms with Crippen molar-refractivity contribution in [2.45, 2.75) is 45.8 Å². The molecule has 0 atom stereocenters. The molecule has 0 spiro atoms. The Hall–Kier alpha value is -0.663. The van der Waals surface area contributed by atoms with Crippen molar-refractivity contribution in [2.24, 2.45) is 0 Å². The topological polar surface area (TPSA) is 29.5 Å². The number of benzene rings is 1. The minimum Gasteiger partial charge on any atom is -0.413 e. The van der Waals surface area contributed by atoms with Gasteiger partial charge in [-0.3, -0.25) is 4.79 Å². The van der Waals surface area contributed by atoms with Crippen molar-refractivity contribution in [3.05, 3.63) is 39.5 Å². The van der Waals surface area contributed by atoms with Crippen LogP contribution in [0.25, 0.3) is 0 Å². The molecule has 0 aromatic heterocycles. The third-order valence-electron chi connectivity index (χ3n) is 4.50. The summed E-state index contributed by atoms with van der Waals surface area (Å²) in [6.45, 7) is 13.4. The molecule has 0 heterocycles. The lowest BCUT2D eigenvalue weighted by Gasteiger charge is -2.35. The van der Waals surface area contributed by atoms with E-state index in [1.165, 1.54) is 0 Å². The Labute approximate surface area is 155 Å². The van der Waals surface area contributed by atoms with E-state index in [2.05, 4.69) is 56.5 Å². The third-order valence-corrected chi connectivity index (χ3v) is 9.91. The highest BCUT2D eigenvalue weighted by Gasteiger charge is 2.36. The van der Waals surface area contributed by atoms with Crippen LogP contribution in [-0.4, -0.2) is 27.9 Å². The molecule has 3 nitrogen and oxygen atoms in total. The van der Waals surface area contributed by atoms with Crippen molar-refractivity contribution < 1.29 is 9.22 Å². The summed E-state index contributed by atoms with van der Waals surface area (Å²) in [5, 5.41) is 0.176. The second-order valence-electron chi connectivity index (χ2n) is 7.27. The first kappa shape index (κ1) is 20.4. The molecular formula is C18H28INO2Si. The van der Waals surface area contributed by atoms with E-state index in [4.69, 9.17) is 4.43 Å². The van der Waals surface area contributed by atoms with Gasteiger partial charge in [-0.15, -0.1) is 0 Å². The van der Waals surface area contributed by atoms with Crippen LogP contribution in [0.1, 0.15) is 27.7 Å². The summed E-state index contributed by atoms with van der Waals surface area (Å²) in [6, 6.07) is 7.87. The molecule has 23 heavy (non-hydrogen) atoms. The minimum absolute atomic E-state index is 0.00736. The van der Waals surface area contributed by atoms with Crippen LogP contribution in [0, 0.1) is 3.57 Å². The molecule has 0 bridgehead atoms. The summed E-state index contributed by atoms with van der Waals surface area (Å²) in [5.74, 6) is 0.00736. The number of carbonyl (C=O) groups excluding carboxylic acids is 1. The molecular weight excluding hydrogens is 417 g/mol. The Bertz CT molecular complexity index is 591. The fourth-order valence-corrected chi connectivity index (χ4v) is 3.46. The van der Waals surface area contributed by atoms with Gasteiger partial charge in [-0.1, -0.05) is 39.0 Å². The second kappa shape index (κ2) is 7.94. The van der Waals surface area contributed by atoms with Crippen molar-refractivity contribution in [3.8, 4) is 0 Å². The monoisotopic (exact) mass is 445 g/mol. The van der Waals surface area contributed by atoms with Gasteiger partial charge in [0.25, 0.3) is 5.91 Å². The Morgan fingerprint density at radius 1 is 1.30 bits per heavy atom. The average Bonchev–Trinajstić information content (AvgIpc) is 2.44. The number of rotatable bonds is 5. The molecule has 1 aromatic rings. The molecule has 128 valence electrons. The zero-order chi connectivity index (χ0) is 17.8. The van der Waals surface area contributed by atoms with E-state index in [0.717, 1.165) is 9.26 Å². The lowest BCUT2D eigenvalue weighted by molar-refractivity contribution is -0.114. The van der Waals surface area contributed by atoms with Crippen molar-refractivity contribution in [1.82, 2.24) is 0 Å². The molecule has 1 amide bonds. The summed E-state index contributed by atoms with van der Waals surface area (Å²) in [6.07, 6.45) is 1.90. The van der Waals surface area contributed by atoms with Gasteiger partial charge in [0, 0.05) is 16.2 Å². The average molecular weight is 445 g/mol. The molecule has 0 aliphatic carbocycles. The van der Waals surface area contributed by atoms with Gasteiger partial charge < -0.3 is 9.33 Å². The molecule has 0 saturated heterocycles. The van der Waals surface area contributed by atoms with Gasteiger partial charge in [0.15, 0.2) is 8.32 Å². The summed E-state index contributed by atoms with van der Waals surface area (Å²) in [5.41, 5.74) is 1.64. The number of anilines is 1. The predicted molar refractivity (Wildman–Crippen MR) is 109 cm³/mol. The minimum atomic E-state index is -1.78. The molecule has 0 saturated carbocycles. The quantitative estimate of drug-likeness (QED) is 0.353. The number of likely N-dealkylation sites (N-methyl/N-ethyl adjacent to an activating group) is 1. The van der Waals surface area contributed by atoms with Gasteiger partial charge >= 0.3 is 0 Å². The lowest BCUT2D eigenvalue weighted by Crippen LogP contribution is -2.40. The van der Waals surface area contributed by atoms with Crippen LogP contribution in [0.5, 0.6) is 0 Å². The smallest absolute Gasteiger partial charge is 0.253 e. The van der Waals surface area contributed by atoms with E-state index in [-0.39, 0.29) is 10.9 Å². The summed E-state index contributed by atoms with van der Waals surface area (Å²) < 4.78 is 7.18. The standard InChI is InChI=1S/C18H28INO2Si/c1-14(12-13-22-23(6,7)18(2,3)4)17(21)20(5)16-11-9-8-10-15(16)19/h8-12H,13H2,1-7H3. The van der Waals surface area contributed by atoms with E-state index in [0.29, 0.717) is 12.2 Å². The highest BCUT2D eigenvalue weighted by molar-refractivity contribution is 14.1. The van der Waals surface area contributed by atoms with Crippen LogP contribution in [0.2, 0.25) is 18.1 Å². The Morgan fingerprint density at radius 2 is 1.87 bits per heavy atom. The first-order valence-corrected chi connectivity index (χ1v) is 11.8. The Morgan fingerprint density at radius 3 is 2.39 bits per heavy atom. The molecule has 0 aliphatic heterocycles. The third kappa shape index (κ3) is 5.43. The maximum absolute atomic E-state index is 12.6. The Kier molecular flexibility index (Phi) is 7.04. The maximum Gasteiger partial charge on any atom is 0.253 e. The maximum atomic E-state index is 12.6. The van der Waals surface area contributed by atoms with Crippen molar-refractivity contribution >= 4 is 42.5 Å². The fourth-order valence-electron chi connectivity index (χ4n) is 1.78. The molecule has 0 radical (unpaired) electrons. The number of halogens is 1. The van der Waals surface area contributed by atoms with Gasteiger partial charge in [0.05, 0.1) is 12.3 Å². The zero-order valence-corrected chi connectivity index (χ0v) is 18.4. The number of hydrogen-bond acceptors (Lipinski definition) is 2. The van der Waals surface area contributed by atoms with Gasteiger partial charge in [-0.05, 0) is 59.8 Å². The molecule has 0 unspecified atom stereocenters. The highest BCUT2D eigenvalue weighted by atomic mass is 127. The normalized spacial score (nSPS) is 13.1. The zero-order valence-electron chi connectivity index (χ0n) is 15.2. The second-order valence-corrected chi connectivity index (χ2v) is 13.2. The Balaban J connectivity index is 2.75. The molecule has 1 aromatic carbocycles. The molecule has 1 rings (SSSR count). The van der Waals surface area contributed by atoms with Crippen LogP contribution in [0.4, 0.5) is 5.69 Å². The number of nitrogens with zero attached hydrogens (tertiary/aromatic N) is 1. The summed E-state index contributed by atoms with van der Waals surface area (Å²) in [7, 11) is 0.0341. The van der Waals surface area contributed by atoms with E-state index in [1.54, 1.807) is 4.90 Å². The summed E-state index contributed by atoms with van der Waals surface area (Å²) in [4.78, 5) is 14.3. The first-order valence-electron chi connectivity index (χ1n) is 7.80. The van der Waals surface area contributed by atoms with Gasteiger partial charge in [-0.25, -0.2) is 0 Å².